The first kappa shape index (κ1) is 30.7. The zero-order valence-corrected chi connectivity index (χ0v) is 26.6. The predicted molar refractivity (Wildman–Crippen MR) is 163 cm³/mol. The highest BCUT2D eigenvalue weighted by Crippen LogP contribution is 2.64. The monoisotopic (exact) mass is 512 g/mol. The van der Waals surface area contributed by atoms with E-state index in [1.807, 2.05) is 14.2 Å². The number of hydrogen-bond acceptors (Lipinski definition) is 2. The van der Waals surface area contributed by atoms with Gasteiger partial charge in [-0.1, -0.05) is 103 Å². The van der Waals surface area contributed by atoms with Gasteiger partial charge < -0.3 is 9.47 Å². The SMILES string of the molecule is CCC(C)(C)P(c1c(OC)ccc(OC)c1-c1c(C(C)C)cc(C(C)C)cc1C(C)C)C(C)(C)CC. The van der Waals surface area contributed by atoms with Crippen LogP contribution >= 0.6 is 7.92 Å². The molecule has 36 heavy (non-hydrogen) atoms. The number of hydrogen-bond donors (Lipinski definition) is 0. The fourth-order valence-electron chi connectivity index (χ4n) is 5.34. The molecular weight excluding hydrogens is 459 g/mol. The second kappa shape index (κ2) is 11.9. The molecule has 0 atom stereocenters. The third-order valence-corrected chi connectivity index (χ3v) is 12.0. The Morgan fingerprint density at radius 3 is 1.42 bits per heavy atom. The van der Waals surface area contributed by atoms with Gasteiger partial charge in [0.15, 0.2) is 0 Å². The zero-order chi connectivity index (χ0) is 27.6. The Morgan fingerprint density at radius 1 is 0.667 bits per heavy atom. The maximum atomic E-state index is 6.19. The van der Waals surface area contributed by atoms with E-state index < -0.39 is 7.92 Å². The van der Waals surface area contributed by atoms with Crippen LogP contribution in [-0.2, 0) is 0 Å². The van der Waals surface area contributed by atoms with Crippen LogP contribution in [0.2, 0.25) is 0 Å². The summed E-state index contributed by atoms with van der Waals surface area (Å²) >= 11 is 0. The third kappa shape index (κ3) is 5.96. The molecule has 0 spiro atoms. The van der Waals surface area contributed by atoms with Crippen molar-refractivity contribution in [2.75, 3.05) is 14.2 Å². The quantitative estimate of drug-likeness (QED) is 0.279. The van der Waals surface area contributed by atoms with E-state index in [-0.39, 0.29) is 10.3 Å². The Kier molecular flexibility index (Phi) is 10.1. The smallest absolute Gasteiger partial charge is 0.127 e. The van der Waals surface area contributed by atoms with E-state index in [9.17, 15) is 0 Å². The molecule has 0 bridgehead atoms. The zero-order valence-electron chi connectivity index (χ0n) is 25.7. The molecule has 0 N–H and O–H groups in total. The highest BCUT2D eigenvalue weighted by molar-refractivity contribution is 7.69. The Balaban J connectivity index is 3.26. The minimum Gasteiger partial charge on any atom is -0.496 e. The summed E-state index contributed by atoms with van der Waals surface area (Å²) in [6.07, 6.45) is 2.23. The van der Waals surface area contributed by atoms with Gasteiger partial charge in [-0.25, -0.2) is 0 Å². The second-order valence-electron chi connectivity index (χ2n) is 12.4. The molecular formula is C33H53O2P. The van der Waals surface area contributed by atoms with E-state index in [2.05, 4.69) is 107 Å². The van der Waals surface area contributed by atoms with Crippen LogP contribution in [0.1, 0.15) is 130 Å². The van der Waals surface area contributed by atoms with Crippen molar-refractivity contribution >= 4 is 13.2 Å². The fraction of sp³-hybridized carbons (Fsp3) is 0.636. The van der Waals surface area contributed by atoms with E-state index in [1.165, 1.54) is 33.1 Å². The van der Waals surface area contributed by atoms with Gasteiger partial charge in [-0.2, -0.15) is 0 Å². The standard InChI is InChI=1S/C33H53O2P/c1-15-32(9,10)36(33(11,12)16-2)31-28(35-14)18-17-27(34-13)30(31)29-25(22(5)6)19-24(21(3)4)20-26(29)23(7)8/h17-23H,15-16H2,1-14H3. The third-order valence-electron chi connectivity index (χ3n) is 8.09. The van der Waals surface area contributed by atoms with Crippen molar-refractivity contribution in [2.45, 2.75) is 124 Å². The van der Waals surface area contributed by atoms with Crippen molar-refractivity contribution < 1.29 is 9.47 Å². The van der Waals surface area contributed by atoms with Gasteiger partial charge in [0.2, 0.25) is 0 Å². The molecule has 2 rings (SSSR count). The molecule has 2 aromatic carbocycles. The van der Waals surface area contributed by atoms with Crippen LogP contribution in [-0.4, -0.2) is 24.5 Å². The Labute approximate surface area is 224 Å². The van der Waals surface area contributed by atoms with Crippen LogP contribution in [0.15, 0.2) is 24.3 Å². The van der Waals surface area contributed by atoms with E-state index in [4.69, 9.17) is 9.47 Å². The molecule has 3 heteroatoms. The first-order valence-electron chi connectivity index (χ1n) is 13.9. The van der Waals surface area contributed by atoms with Crippen molar-refractivity contribution in [1.29, 1.82) is 0 Å². The minimum absolute atomic E-state index is 0.136. The van der Waals surface area contributed by atoms with E-state index in [0.717, 1.165) is 24.3 Å². The number of ether oxygens (including phenoxy) is 2. The van der Waals surface area contributed by atoms with Gasteiger partial charge in [-0.3, -0.25) is 0 Å². The summed E-state index contributed by atoms with van der Waals surface area (Å²) in [5.41, 5.74) is 6.86. The topological polar surface area (TPSA) is 18.5 Å². The highest BCUT2D eigenvalue weighted by atomic mass is 31.1. The lowest BCUT2D eigenvalue weighted by Gasteiger charge is -2.46. The molecule has 2 aromatic rings. The molecule has 202 valence electrons. The van der Waals surface area contributed by atoms with Gasteiger partial charge >= 0.3 is 0 Å². The summed E-state index contributed by atoms with van der Waals surface area (Å²) in [5, 5.41) is 1.64. The van der Waals surface area contributed by atoms with E-state index in [1.54, 1.807) is 0 Å². The van der Waals surface area contributed by atoms with E-state index in [0.29, 0.717) is 17.8 Å². The lowest BCUT2D eigenvalue weighted by molar-refractivity contribution is 0.407. The minimum atomic E-state index is -0.624. The molecule has 0 aliphatic carbocycles. The average molecular weight is 513 g/mol. The maximum absolute atomic E-state index is 6.19. The van der Waals surface area contributed by atoms with Crippen molar-refractivity contribution in [3.63, 3.8) is 0 Å². The van der Waals surface area contributed by atoms with Crippen LogP contribution in [0.4, 0.5) is 0 Å². The Morgan fingerprint density at radius 2 is 1.08 bits per heavy atom. The lowest BCUT2D eigenvalue weighted by Crippen LogP contribution is -2.36. The number of rotatable bonds is 11. The normalized spacial score (nSPS) is 12.8. The number of benzene rings is 2. The highest BCUT2D eigenvalue weighted by Gasteiger charge is 2.43. The van der Waals surface area contributed by atoms with Gasteiger partial charge in [0.25, 0.3) is 0 Å². The maximum Gasteiger partial charge on any atom is 0.127 e. The predicted octanol–water partition coefficient (Wildman–Crippen LogP) is 10.2. The molecule has 2 nitrogen and oxygen atoms in total. The van der Waals surface area contributed by atoms with Gasteiger partial charge in [0.1, 0.15) is 11.5 Å². The van der Waals surface area contributed by atoms with Gasteiger partial charge in [-0.05, 0) is 75.3 Å². The van der Waals surface area contributed by atoms with Crippen LogP contribution in [0.3, 0.4) is 0 Å². The van der Waals surface area contributed by atoms with Crippen LogP contribution in [0, 0.1) is 0 Å². The molecule has 0 aliphatic heterocycles. The second-order valence-corrected chi connectivity index (χ2v) is 15.9. The van der Waals surface area contributed by atoms with E-state index >= 15 is 0 Å². The summed E-state index contributed by atoms with van der Waals surface area (Å²) < 4.78 is 12.4. The summed E-state index contributed by atoms with van der Waals surface area (Å²) in [6, 6.07) is 9.17. The first-order valence-corrected chi connectivity index (χ1v) is 15.3. The van der Waals surface area contributed by atoms with Crippen molar-refractivity contribution in [1.82, 2.24) is 0 Å². The molecule has 0 radical (unpaired) electrons. The molecule has 0 saturated heterocycles. The van der Waals surface area contributed by atoms with Gasteiger partial charge in [0, 0.05) is 10.9 Å². The molecule has 0 fully saturated rings. The molecule has 0 aromatic heterocycles. The molecule has 0 saturated carbocycles. The van der Waals surface area contributed by atoms with Gasteiger partial charge in [0.05, 0.1) is 14.2 Å². The summed E-state index contributed by atoms with van der Waals surface area (Å²) in [6.45, 7) is 28.4. The largest absolute Gasteiger partial charge is 0.496 e. The van der Waals surface area contributed by atoms with Crippen LogP contribution in [0.25, 0.3) is 11.1 Å². The first-order chi connectivity index (χ1) is 16.7. The van der Waals surface area contributed by atoms with Crippen LogP contribution in [0.5, 0.6) is 11.5 Å². The van der Waals surface area contributed by atoms with Crippen LogP contribution < -0.4 is 14.8 Å². The molecule has 0 amide bonds. The number of methoxy groups -OCH3 is 2. The average Bonchev–Trinajstić information content (AvgIpc) is 2.82. The lowest BCUT2D eigenvalue weighted by atomic mass is 9.81. The Hall–Kier alpha value is -1.53. The van der Waals surface area contributed by atoms with Crippen molar-refractivity contribution in [2.24, 2.45) is 0 Å². The summed E-state index contributed by atoms with van der Waals surface area (Å²) in [7, 11) is 3.02. The van der Waals surface area contributed by atoms with Crippen molar-refractivity contribution in [3.05, 3.63) is 41.0 Å². The molecule has 0 unspecified atom stereocenters. The van der Waals surface area contributed by atoms with Gasteiger partial charge in [-0.15, -0.1) is 0 Å². The summed E-state index contributed by atoms with van der Waals surface area (Å²) in [5.74, 6) is 3.22. The molecule has 0 heterocycles. The van der Waals surface area contributed by atoms with Crippen molar-refractivity contribution in [3.8, 4) is 22.6 Å². The summed E-state index contributed by atoms with van der Waals surface area (Å²) in [4.78, 5) is 0. The Bertz CT molecular complexity index is 985. The fourth-order valence-corrected chi connectivity index (χ4v) is 9.65. The molecule has 0 aliphatic rings.